The first kappa shape index (κ1) is 30.2. The molecular formula is C36H28Cl2HfSi-2. The zero-order valence-electron chi connectivity index (χ0n) is 22.5. The summed E-state index contributed by atoms with van der Waals surface area (Å²) in [6.07, 6.45) is 0. The molecule has 0 nitrogen and oxygen atoms in total. The molecule has 0 fully saturated rings. The van der Waals surface area contributed by atoms with E-state index in [0.29, 0.717) is 0 Å². The minimum absolute atomic E-state index is 0. The van der Waals surface area contributed by atoms with E-state index in [1.165, 1.54) is 87.6 Å². The van der Waals surface area contributed by atoms with Gasteiger partial charge in [-0.15, -0.1) is 33.7 Å². The number of hydrogen-bond acceptors (Lipinski definition) is 0. The predicted molar refractivity (Wildman–Crippen MR) is 167 cm³/mol. The summed E-state index contributed by atoms with van der Waals surface area (Å²) in [5, 5.41) is 16.2. The Morgan fingerprint density at radius 2 is 0.600 bits per heavy atom. The van der Waals surface area contributed by atoms with Crippen molar-refractivity contribution < 1.29 is 47.8 Å². The largest absolute Gasteiger partial charge is 1.00 e. The van der Waals surface area contributed by atoms with Crippen molar-refractivity contribution in [3.8, 4) is 0 Å². The van der Waals surface area contributed by atoms with Crippen molar-refractivity contribution in [1.29, 1.82) is 0 Å². The van der Waals surface area contributed by atoms with Gasteiger partial charge < -0.3 is 24.8 Å². The maximum atomic E-state index is 2.33. The van der Waals surface area contributed by atoms with Crippen LogP contribution in [0.1, 0.15) is 0 Å². The molecule has 0 aliphatic carbocycles. The van der Waals surface area contributed by atoms with E-state index in [0.717, 1.165) is 0 Å². The summed E-state index contributed by atoms with van der Waals surface area (Å²) in [4.78, 5) is 0. The third-order valence-corrected chi connectivity index (χ3v) is 7.08. The van der Waals surface area contributed by atoms with Gasteiger partial charge >= 0.3 is 41.6 Å². The van der Waals surface area contributed by atoms with E-state index in [1.807, 2.05) is 0 Å². The van der Waals surface area contributed by atoms with Crippen molar-refractivity contribution in [2.75, 3.05) is 0 Å². The quantitative estimate of drug-likeness (QED) is 0.122. The SMILES string of the molecule is C[Si](C)=[Hf+2].[Cl-].[Cl-].c1ccc2c(c1)c1ccccc1c1[cH-]ccc21.c1ccc2c(c1)c1ccccc1c1[cH-]ccc21. The van der Waals surface area contributed by atoms with Crippen LogP contribution in [0.4, 0.5) is 0 Å². The predicted octanol–water partition coefficient (Wildman–Crippen LogP) is 4.52. The van der Waals surface area contributed by atoms with Crippen LogP contribution in [0.3, 0.4) is 0 Å². The third-order valence-electron chi connectivity index (χ3n) is 7.08. The van der Waals surface area contributed by atoms with E-state index in [4.69, 9.17) is 0 Å². The van der Waals surface area contributed by atoms with Gasteiger partial charge in [0.15, 0.2) is 0 Å². The first-order chi connectivity index (χ1) is 18.6. The molecule has 0 spiro atoms. The molecule has 0 saturated carbocycles. The Balaban J connectivity index is 0.000000157. The molecule has 196 valence electrons. The first-order valence-electron chi connectivity index (χ1n) is 13.0. The molecule has 0 aromatic heterocycles. The molecule has 0 unspecified atom stereocenters. The Kier molecular flexibility index (Phi) is 10.0. The Hall–Kier alpha value is -2.75. The maximum absolute atomic E-state index is 2.33. The van der Waals surface area contributed by atoms with Crippen molar-refractivity contribution >= 4 is 70.1 Å². The molecular weight excluding hydrogens is 710 g/mol. The zero-order valence-corrected chi connectivity index (χ0v) is 28.6. The van der Waals surface area contributed by atoms with E-state index >= 15 is 0 Å². The molecule has 0 heterocycles. The smallest absolute Gasteiger partial charge is 0.0293 e. The van der Waals surface area contributed by atoms with Crippen LogP contribution in [0.2, 0.25) is 13.1 Å². The molecule has 40 heavy (non-hydrogen) atoms. The fourth-order valence-corrected chi connectivity index (χ4v) is 5.59. The van der Waals surface area contributed by atoms with E-state index in [1.54, 1.807) is 0 Å². The fraction of sp³-hybridized carbons (Fsp3) is 0.0556. The molecule has 0 N–H and O–H groups in total. The average molecular weight is 738 g/mol. The van der Waals surface area contributed by atoms with Crippen LogP contribution in [0.5, 0.6) is 0 Å². The van der Waals surface area contributed by atoms with Crippen LogP contribution in [0, 0.1) is 0 Å². The van der Waals surface area contributed by atoms with E-state index in [9.17, 15) is 0 Å². The van der Waals surface area contributed by atoms with Crippen LogP contribution in [0.25, 0.3) is 64.6 Å². The Morgan fingerprint density at radius 3 is 0.875 bits per heavy atom. The third kappa shape index (κ3) is 5.69. The molecule has 8 aromatic rings. The number of rotatable bonds is 0. The summed E-state index contributed by atoms with van der Waals surface area (Å²) in [6.45, 7) is 4.66. The molecule has 0 amide bonds. The Bertz CT molecular complexity index is 1790. The van der Waals surface area contributed by atoms with Crippen molar-refractivity contribution in [3.63, 3.8) is 0 Å². The van der Waals surface area contributed by atoms with Gasteiger partial charge in [0.25, 0.3) is 0 Å². The zero-order chi connectivity index (χ0) is 26.1. The maximum Gasteiger partial charge on any atom is -0.0293 e. The Morgan fingerprint density at radius 1 is 0.400 bits per heavy atom. The van der Waals surface area contributed by atoms with Gasteiger partial charge in [-0.25, -0.2) is 0 Å². The van der Waals surface area contributed by atoms with Crippen molar-refractivity contribution in [2.24, 2.45) is 0 Å². The normalized spacial score (nSPS) is 10.5. The molecule has 0 aliphatic heterocycles. The second kappa shape index (κ2) is 13.3. The van der Waals surface area contributed by atoms with Gasteiger partial charge in [0, 0.05) is 0 Å². The van der Waals surface area contributed by atoms with E-state index in [-0.39, 0.29) is 30.3 Å². The van der Waals surface area contributed by atoms with Crippen molar-refractivity contribution in [2.45, 2.75) is 13.1 Å². The molecule has 0 atom stereocenters. The average Bonchev–Trinajstić information content (AvgIpc) is 3.65. The summed E-state index contributed by atoms with van der Waals surface area (Å²) in [7, 11) is 0. The minimum atomic E-state index is 0. The Labute approximate surface area is 262 Å². The summed E-state index contributed by atoms with van der Waals surface area (Å²) in [5.41, 5.74) is 0.259. The molecule has 8 rings (SSSR count). The standard InChI is InChI=1S/2C17H11.C2H6Si.2ClH.Hf/c2*1-3-8-14-12(6-1)13-7-2-4-9-15(13)17-11-5-10-16(14)17;1-3-2;;;/h2*1-11H;1-2H3;2*1H;/q2*-1;;;;+2/p-2. The van der Waals surface area contributed by atoms with Crippen molar-refractivity contribution in [3.05, 3.63) is 133 Å². The molecule has 0 radical (unpaired) electrons. The molecule has 8 aromatic carbocycles. The second-order valence-electron chi connectivity index (χ2n) is 9.89. The van der Waals surface area contributed by atoms with Gasteiger partial charge in [0.1, 0.15) is 0 Å². The van der Waals surface area contributed by atoms with E-state index in [2.05, 4.69) is 147 Å². The topological polar surface area (TPSA) is 0 Å². The van der Waals surface area contributed by atoms with Gasteiger partial charge in [-0.05, 0) is 10.8 Å². The summed E-state index contributed by atoms with van der Waals surface area (Å²) in [6, 6.07) is 47.8. The monoisotopic (exact) mass is 738 g/mol. The van der Waals surface area contributed by atoms with Crippen molar-refractivity contribution in [1.82, 2.24) is 0 Å². The summed E-state index contributed by atoms with van der Waals surface area (Å²) >= 11 is 1.45. The number of benzene rings is 6. The number of halogens is 2. The number of hydrogen-bond donors (Lipinski definition) is 0. The summed E-state index contributed by atoms with van der Waals surface area (Å²) in [5.74, 6) is 0. The molecule has 0 aliphatic rings. The van der Waals surface area contributed by atoms with Crippen LogP contribution in [-0.4, -0.2) is 5.49 Å². The van der Waals surface area contributed by atoms with Crippen LogP contribution in [-0.2, 0) is 23.0 Å². The summed E-state index contributed by atoms with van der Waals surface area (Å²) < 4.78 is 0. The van der Waals surface area contributed by atoms with Gasteiger partial charge in [-0.3, -0.25) is 0 Å². The van der Waals surface area contributed by atoms with Crippen LogP contribution in [0.15, 0.2) is 133 Å². The van der Waals surface area contributed by atoms with E-state index < -0.39 is 0 Å². The number of fused-ring (bicyclic) bond motifs is 12. The first-order valence-corrected chi connectivity index (χ1v) is 20.9. The van der Waals surface area contributed by atoms with Crippen LogP contribution >= 0.6 is 0 Å². The molecule has 4 heteroatoms. The molecule has 0 saturated heterocycles. The minimum Gasteiger partial charge on any atom is -1.00 e. The second-order valence-corrected chi connectivity index (χ2v) is 22.7. The fourth-order valence-electron chi connectivity index (χ4n) is 5.59. The van der Waals surface area contributed by atoms with Gasteiger partial charge in [0.2, 0.25) is 0 Å². The molecule has 0 bridgehead atoms. The van der Waals surface area contributed by atoms with Crippen LogP contribution < -0.4 is 24.8 Å². The van der Waals surface area contributed by atoms with Gasteiger partial charge in [-0.2, -0.15) is 24.3 Å². The van der Waals surface area contributed by atoms with Gasteiger partial charge in [0.05, 0.1) is 0 Å². The van der Waals surface area contributed by atoms with Gasteiger partial charge in [-0.1, -0.05) is 129 Å².